The Morgan fingerprint density at radius 1 is 1.62 bits per heavy atom. The summed E-state index contributed by atoms with van der Waals surface area (Å²) in [6, 6.07) is 0. The molecule has 5 nitrogen and oxygen atoms in total. The summed E-state index contributed by atoms with van der Waals surface area (Å²) in [5, 5.41) is 8.60. The number of halogens is 1. The molecule has 0 aromatic carbocycles. The van der Waals surface area contributed by atoms with E-state index < -0.39 is 22.7 Å². The van der Waals surface area contributed by atoms with Crippen LogP contribution in [0.4, 0.5) is 4.79 Å². The second-order valence-corrected chi connectivity index (χ2v) is 3.81. The standard InChI is InChI=1S/C7H8BrNO4/c1-3-2-9(7(12)13)6(11)4(8)5(3)10/h3-4H,2H2,1H3,(H,12,13)/t3-,4?/m1/s1. The zero-order chi connectivity index (χ0) is 10.2. The van der Waals surface area contributed by atoms with Crippen molar-refractivity contribution in [3.8, 4) is 0 Å². The largest absolute Gasteiger partial charge is 0.465 e. The van der Waals surface area contributed by atoms with Gasteiger partial charge in [-0.1, -0.05) is 22.9 Å². The summed E-state index contributed by atoms with van der Waals surface area (Å²) in [5.74, 6) is -1.39. The second kappa shape index (κ2) is 3.45. The van der Waals surface area contributed by atoms with Gasteiger partial charge in [0.05, 0.1) is 0 Å². The number of nitrogens with zero attached hydrogens (tertiary/aromatic N) is 1. The van der Waals surface area contributed by atoms with E-state index in [1.54, 1.807) is 6.92 Å². The molecule has 1 aliphatic heterocycles. The Morgan fingerprint density at radius 2 is 2.15 bits per heavy atom. The minimum atomic E-state index is -1.31. The van der Waals surface area contributed by atoms with E-state index in [2.05, 4.69) is 15.9 Å². The van der Waals surface area contributed by atoms with Crippen molar-refractivity contribution < 1.29 is 19.5 Å². The number of hydrogen-bond acceptors (Lipinski definition) is 3. The van der Waals surface area contributed by atoms with Crippen molar-refractivity contribution in [3.05, 3.63) is 0 Å². The van der Waals surface area contributed by atoms with Crippen LogP contribution < -0.4 is 0 Å². The summed E-state index contributed by atoms with van der Waals surface area (Å²) >= 11 is 2.86. The molecule has 0 aromatic rings. The van der Waals surface area contributed by atoms with Crippen molar-refractivity contribution in [1.82, 2.24) is 4.90 Å². The van der Waals surface area contributed by atoms with Gasteiger partial charge in [-0.25, -0.2) is 9.69 Å². The number of hydrogen-bond donors (Lipinski definition) is 1. The van der Waals surface area contributed by atoms with E-state index in [1.807, 2.05) is 0 Å². The lowest BCUT2D eigenvalue weighted by Crippen LogP contribution is -2.52. The van der Waals surface area contributed by atoms with Crippen LogP contribution >= 0.6 is 15.9 Å². The Bertz CT molecular complexity index is 278. The SMILES string of the molecule is C[C@@H]1CN(C(=O)O)C(=O)C(Br)C1=O. The predicted molar refractivity (Wildman–Crippen MR) is 46.6 cm³/mol. The Labute approximate surface area is 82.8 Å². The number of piperidine rings is 1. The zero-order valence-corrected chi connectivity index (χ0v) is 8.44. The summed E-state index contributed by atoms with van der Waals surface area (Å²) in [5.41, 5.74) is 0. The van der Waals surface area contributed by atoms with Crippen LogP contribution in [-0.4, -0.2) is 39.2 Å². The molecule has 2 atom stereocenters. The van der Waals surface area contributed by atoms with Gasteiger partial charge in [0.25, 0.3) is 5.91 Å². The third-order valence-electron chi connectivity index (χ3n) is 1.91. The van der Waals surface area contributed by atoms with Gasteiger partial charge in [0, 0.05) is 12.5 Å². The van der Waals surface area contributed by atoms with Gasteiger partial charge in [0.15, 0.2) is 10.6 Å². The highest BCUT2D eigenvalue weighted by molar-refractivity contribution is 9.10. The molecule has 1 saturated heterocycles. The molecule has 1 aliphatic rings. The number of carbonyl (C=O) groups is 3. The minimum absolute atomic E-state index is 0.0465. The third kappa shape index (κ3) is 1.72. The summed E-state index contributed by atoms with van der Waals surface area (Å²) < 4.78 is 0. The highest BCUT2D eigenvalue weighted by atomic mass is 79.9. The van der Waals surface area contributed by atoms with Crippen LogP contribution in [0.5, 0.6) is 0 Å². The van der Waals surface area contributed by atoms with Crippen molar-refractivity contribution in [2.45, 2.75) is 11.8 Å². The van der Waals surface area contributed by atoms with E-state index in [4.69, 9.17) is 5.11 Å². The van der Waals surface area contributed by atoms with E-state index in [9.17, 15) is 14.4 Å². The molecular weight excluding hydrogens is 242 g/mol. The quantitative estimate of drug-likeness (QED) is 0.501. The van der Waals surface area contributed by atoms with E-state index in [0.717, 1.165) is 0 Å². The van der Waals surface area contributed by atoms with Crippen LogP contribution in [0, 0.1) is 5.92 Å². The van der Waals surface area contributed by atoms with Gasteiger partial charge < -0.3 is 5.11 Å². The maximum absolute atomic E-state index is 11.2. The van der Waals surface area contributed by atoms with Gasteiger partial charge in [-0.15, -0.1) is 0 Å². The monoisotopic (exact) mass is 249 g/mol. The highest BCUT2D eigenvalue weighted by Crippen LogP contribution is 2.19. The van der Waals surface area contributed by atoms with Crippen molar-refractivity contribution in [3.63, 3.8) is 0 Å². The summed E-state index contributed by atoms with van der Waals surface area (Å²) in [7, 11) is 0. The van der Waals surface area contributed by atoms with E-state index >= 15 is 0 Å². The first-order valence-corrected chi connectivity index (χ1v) is 4.58. The molecule has 0 bridgehead atoms. The third-order valence-corrected chi connectivity index (χ3v) is 2.75. The molecule has 0 aromatic heterocycles. The van der Waals surface area contributed by atoms with Crippen molar-refractivity contribution in [1.29, 1.82) is 0 Å². The molecule has 6 heteroatoms. The van der Waals surface area contributed by atoms with Crippen molar-refractivity contribution >= 4 is 33.7 Å². The molecule has 2 amide bonds. The van der Waals surface area contributed by atoms with Gasteiger partial charge >= 0.3 is 6.09 Å². The fourth-order valence-electron chi connectivity index (χ4n) is 1.13. The summed E-state index contributed by atoms with van der Waals surface area (Å²) in [6.45, 7) is 1.55. The van der Waals surface area contributed by atoms with E-state index in [0.29, 0.717) is 4.90 Å². The number of carbonyl (C=O) groups excluding carboxylic acids is 2. The normalized spacial score (nSPS) is 29.2. The molecule has 1 N–H and O–H groups in total. The Hall–Kier alpha value is -0.910. The minimum Gasteiger partial charge on any atom is -0.465 e. The Morgan fingerprint density at radius 3 is 2.62 bits per heavy atom. The highest BCUT2D eigenvalue weighted by Gasteiger charge is 2.40. The fraction of sp³-hybridized carbons (Fsp3) is 0.571. The predicted octanol–water partition coefficient (Wildman–Crippen LogP) is 0.475. The van der Waals surface area contributed by atoms with Crippen LogP contribution in [0.1, 0.15) is 6.92 Å². The lowest BCUT2D eigenvalue weighted by atomic mass is 9.98. The first-order chi connectivity index (χ1) is 5.95. The summed E-state index contributed by atoms with van der Waals surface area (Å²) in [4.78, 5) is 32.6. The molecule has 1 unspecified atom stereocenters. The molecule has 0 saturated carbocycles. The number of ketones is 1. The number of alkyl halides is 1. The zero-order valence-electron chi connectivity index (χ0n) is 6.86. The number of Topliss-reactive ketones (excluding diaryl/α,β-unsaturated/α-hetero) is 1. The van der Waals surface area contributed by atoms with Gasteiger partial charge in [-0.05, 0) is 0 Å². The maximum atomic E-state index is 11.2. The smallest absolute Gasteiger partial charge is 0.414 e. The molecule has 1 fully saturated rings. The van der Waals surface area contributed by atoms with E-state index in [1.165, 1.54) is 0 Å². The molecule has 13 heavy (non-hydrogen) atoms. The van der Waals surface area contributed by atoms with Crippen LogP contribution in [-0.2, 0) is 9.59 Å². The van der Waals surface area contributed by atoms with E-state index in [-0.39, 0.29) is 12.3 Å². The first kappa shape index (κ1) is 10.2. The number of likely N-dealkylation sites (tertiary alicyclic amines) is 1. The molecular formula is C7H8BrNO4. The van der Waals surface area contributed by atoms with Crippen molar-refractivity contribution in [2.75, 3.05) is 6.54 Å². The molecule has 0 radical (unpaired) electrons. The average molecular weight is 250 g/mol. The number of carboxylic acid groups (broad SMARTS) is 1. The van der Waals surface area contributed by atoms with Crippen LogP contribution in [0.2, 0.25) is 0 Å². The van der Waals surface area contributed by atoms with Crippen molar-refractivity contribution in [2.24, 2.45) is 5.92 Å². The van der Waals surface area contributed by atoms with Gasteiger partial charge in [0.2, 0.25) is 0 Å². The van der Waals surface area contributed by atoms with Gasteiger partial charge in [-0.2, -0.15) is 0 Å². The maximum Gasteiger partial charge on any atom is 0.414 e. The lowest BCUT2D eigenvalue weighted by molar-refractivity contribution is -0.138. The Kier molecular flexibility index (Phi) is 2.70. The molecule has 1 rings (SSSR count). The summed E-state index contributed by atoms with van der Waals surface area (Å²) in [6.07, 6.45) is -1.31. The topological polar surface area (TPSA) is 74.7 Å². The average Bonchev–Trinajstić information content (AvgIpc) is 2.07. The first-order valence-electron chi connectivity index (χ1n) is 3.67. The van der Waals surface area contributed by atoms with Crippen LogP contribution in [0.15, 0.2) is 0 Å². The lowest BCUT2D eigenvalue weighted by Gasteiger charge is -2.28. The number of amides is 2. The molecule has 0 spiro atoms. The van der Waals surface area contributed by atoms with Crippen LogP contribution in [0.25, 0.3) is 0 Å². The molecule has 0 aliphatic carbocycles. The molecule has 72 valence electrons. The van der Waals surface area contributed by atoms with Gasteiger partial charge in [0.1, 0.15) is 0 Å². The molecule has 1 heterocycles. The number of imide groups is 1. The van der Waals surface area contributed by atoms with Crippen LogP contribution in [0.3, 0.4) is 0 Å². The van der Waals surface area contributed by atoms with Gasteiger partial charge in [-0.3, -0.25) is 9.59 Å². The fourth-order valence-corrected chi connectivity index (χ4v) is 1.83. The second-order valence-electron chi connectivity index (χ2n) is 2.90. The number of rotatable bonds is 0. The Balaban J connectivity index is 2.88.